The van der Waals surface area contributed by atoms with Gasteiger partial charge in [-0.05, 0) is 89.9 Å². The van der Waals surface area contributed by atoms with Gasteiger partial charge in [0.1, 0.15) is 0 Å². The third-order valence-electron chi connectivity index (χ3n) is 16.1. The fourth-order valence-corrected chi connectivity index (χ4v) is 10.7. The van der Waals surface area contributed by atoms with Gasteiger partial charge in [0, 0.05) is 12.8 Å². The number of ether oxygens (including phenoxy) is 1. The number of nitrogens with one attached hydrogen (secondary N) is 1. The lowest BCUT2D eigenvalue weighted by atomic mass is 10.0. The highest BCUT2D eigenvalue weighted by molar-refractivity contribution is 5.76. The molecule has 458 valence electrons. The third-order valence-corrected chi connectivity index (χ3v) is 16.1. The number of allylic oxidation sites excluding steroid dienone is 7. The van der Waals surface area contributed by atoms with Gasteiger partial charge in [-0.2, -0.15) is 0 Å². The summed E-state index contributed by atoms with van der Waals surface area (Å²) in [7, 11) is 0. The second kappa shape index (κ2) is 67.3. The molecule has 0 spiro atoms. The summed E-state index contributed by atoms with van der Waals surface area (Å²) in [4.78, 5) is 24.6. The zero-order valence-corrected chi connectivity index (χ0v) is 52.4. The van der Waals surface area contributed by atoms with E-state index in [0.29, 0.717) is 19.4 Å². The van der Waals surface area contributed by atoms with Crippen LogP contribution in [0.4, 0.5) is 0 Å². The van der Waals surface area contributed by atoms with E-state index in [1.54, 1.807) is 6.08 Å². The Bertz CT molecular complexity index is 1310. The Balaban J connectivity index is 3.46. The van der Waals surface area contributed by atoms with Gasteiger partial charge < -0.3 is 20.3 Å². The molecule has 6 heteroatoms. The highest BCUT2D eigenvalue weighted by atomic mass is 16.5. The smallest absolute Gasteiger partial charge is 0.305 e. The second-order valence-corrected chi connectivity index (χ2v) is 23.9. The van der Waals surface area contributed by atoms with Crippen LogP contribution in [0, 0.1) is 0 Å². The predicted molar refractivity (Wildman–Crippen MR) is 342 cm³/mol. The van der Waals surface area contributed by atoms with Crippen LogP contribution in [0.2, 0.25) is 0 Å². The molecule has 0 bridgehead atoms. The summed E-state index contributed by atoms with van der Waals surface area (Å²) in [6.45, 7) is 4.92. The number of unbranched alkanes of at least 4 members (excludes halogenated alkanes) is 48. The van der Waals surface area contributed by atoms with Gasteiger partial charge in [-0.25, -0.2) is 0 Å². The lowest BCUT2D eigenvalue weighted by Gasteiger charge is -2.20. The Morgan fingerprint density at radius 1 is 0.359 bits per heavy atom. The lowest BCUT2D eigenvalue weighted by molar-refractivity contribution is -0.143. The molecule has 2 atom stereocenters. The van der Waals surface area contributed by atoms with E-state index < -0.39 is 12.1 Å². The number of amides is 1. The van der Waals surface area contributed by atoms with Gasteiger partial charge >= 0.3 is 5.97 Å². The third kappa shape index (κ3) is 63.0. The molecule has 0 rings (SSSR count). The van der Waals surface area contributed by atoms with E-state index in [4.69, 9.17) is 4.74 Å². The maximum atomic E-state index is 12.5. The van der Waals surface area contributed by atoms with Crippen LogP contribution in [-0.4, -0.2) is 47.4 Å². The zero-order valence-electron chi connectivity index (χ0n) is 52.4. The summed E-state index contributed by atoms with van der Waals surface area (Å²) in [6.07, 6.45) is 87.5. The molecular weight excluding hydrogens is 959 g/mol. The molecular formula is C72H135NO5. The van der Waals surface area contributed by atoms with Crippen LogP contribution in [0.1, 0.15) is 373 Å². The number of aliphatic hydroxyl groups is 2. The van der Waals surface area contributed by atoms with Crippen LogP contribution in [-0.2, 0) is 14.3 Å². The lowest BCUT2D eigenvalue weighted by Crippen LogP contribution is -2.45. The molecule has 0 heterocycles. The quantitative estimate of drug-likeness (QED) is 0.0320. The molecule has 0 aromatic carbocycles. The van der Waals surface area contributed by atoms with Gasteiger partial charge in [-0.15, -0.1) is 0 Å². The molecule has 78 heavy (non-hydrogen) atoms. The van der Waals surface area contributed by atoms with Crippen molar-refractivity contribution in [1.82, 2.24) is 5.32 Å². The Kier molecular flexibility index (Phi) is 65.4. The fourth-order valence-electron chi connectivity index (χ4n) is 10.7. The Labute approximate surface area is 486 Å². The number of hydrogen-bond donors (Lipinski definition) is 3. The number of carbonyl (C=O) groups is 2. The van der Waals surface area contributed by atoms with Crippen LogP contribution in [0.25, 0.3) is 0 Å². The van der Waals surface area contributed by atoms with Gasteiger partial charge in [0.25, 0.3) is 0 Å². The Morgan fingerprint density at radius 2 is 0.641 bits per heavy atom. The van der Waals surface area contributed by atoms with Gasteiger partial charge in [-0.3, -0.25) is 9.59 Å². The average molecular weight is 1090 g/mol. The molecule has 0 aliphatic carbocycles. The van der Waals surface area contributed by atoms with Crippen LogP contribution in [0.3, 0.4) is 0 Å². The first-order valence-electron chi connectivity index (χ1n) is 34.9. The standard InChI is InChI=1S/C72H135NO5/c1-3-5-7-9-11-13-15-17-19-21-22-30-33-36-40-44-48-52-56-60-64-70(75)69(68-74)73-71(76)65-61-57-53-49-45-41-37-34-31-28-26-24-23-25-27-29-32-35-39-43-47-51-55-59-63-67-78-72(77)66-62-58-54-50-46-42-38-20-18-16-14-12-10-8-6-4-2/h20,24-27,38,60,64,69-70,74-75H,3-19,21-23,28-37,39-59,61-63,65-68H2,1-2H3,(H,73,76)/b26-24-,27-25-,38-20-,64-60+. The molecule has 0 aromatic rings. The molecule has 0 radical (unpaired) electrons. The first kappa shape index (κ1) is 75.8. The van der Waals surface area contributed by atoms with E-state index in [1.165, 1.54) is 295 Å². The molecule has 2 unspecified atom stereocenters. The monoisotopic (exact) mass is 1090 g/mol. The number of aliphatic hydroxyl groups excluding tert-OH is 2. The fraction of sp³-hybridized carbons (Fsp3) is 0.861. The molecule has 0 fully saturated rings. The Hall–Kier alpha value is -2.18. The minimum Gasteiger partial charge on any atom is -0.466 e. The van der Waals surface area contributed by atoms with E-state index in [-0.39, 0.29) is 18.5 Å². The topological polar surface area (TPSA) is 95.9 Å². The first-order valence-corrected chi connectivity index (χ1v) is 34.9. The normalized spacial score (nSPS) is 12.8. The van der Waals surface area contributed by atoms with E-state index in [2.05, 4.69) is 55.6 Å². The summed E-state index contributed by atoms with van der Waals surface area (Å²) in [6, 6.07) is -0.634. The number of hydrogen-bond acceptors (Lipinski definition) is 5. The number of carbonyl (C=O) groups excluding carboxylic acids is 2. The second-order valence-electron chi connectivity index (χ2n) is 23.9. The highest BCUT2D eigenvalue weighted by Crippen LogP contribution is 2.18. The van der Waals surface area contributed by atoms with Crippen LogP contribution < -0.4 is 5.32 Å². The zero-order chi connectivity index (χ0) is 56.4. The minimum atomic E-state index is -0.850. The van der Waals surface area contributed by atoms with Crippen LogP contribution in [0.5, 0.6) is 0 Å². The van der Waals surface area contributed by atoms with Crippen molar-refractivity contribution in [1.29, 1.82) is 0 Å². The molecule has 1 amide bonds. The van der Waals surface area contributed by atoms with Gasteiger partial charge in [0.05, 0.1) is 25.4 Å². The minimum absolute atomic E-state index is 0.00135. The van der Waals surface area contributed by atoms with Crippen molar-refractivity contribution < 1.29 is 24.5 Å². The highest BCUT2D eigenvalue weighted by Gasteiger charge is 2.18. The van der Waals surface area contributed by atoms with Gasteiger partial charge in [0.2, 0.25) is 5.91 Å². The largest absolute Gasteiger partial charge is 0.466 e. The summed E-state index contributed by atoms with van der Waals surface area (Å²) in [5, 5.41) is 23.2. The molecule has 0 saturated carbocycles. The molecule has 0 aromatic heterocycles. The summed E-state index contributed by atoms with van der Waals surface area (Å²) in [5.41, 5.74) is 0. The number of rotatable bonds is 65. The van der Waals surface area contributed by atoms with Crippen molar-refractivity contribution in [2.45, 2.75) is 386 Å². The van der Waals surface area contributed by atoms with Gasteiger partial charge in [0.15, 0.2) is 0 Å². The van der Waals surface area contributed by atoms with E-state index >= 15 is 0 Å². The molecule has 6 nitrogen and oxygen atoms in total. The van der Waals surface area contributed by atoms with Crippen LogP contribution in [0.15, 0.2) is 48.6 Å². The van der Waals surface area contributed by atoms with Crippen molar-refractivity contribution in [3.63, 3.8) is 0 Å². The van der Waals surface area contributed by atoms with E-state index in [0.717, 1.165) is 51.4 Å². The molecule has 3 N–H and O–H groups in total. The summed E-state index contributed by atoms with van der Waals surface area (Å²) < 4.78 is 5.49. The predicted octanol–water partition coefficient (Wildman–Crippen LogP) is 22.5. The van der Waals surface area contributed by atoms with Crippen molar-refractivity contribution in [2.24, 2.45) is 0 Å². The van der Waals surface area contributed by atoms with Crippen molar-refractivity contribution in [3.05, 3.63) is 48.6 Å². The number of esters is 1. The Morgan fingerprint density at radius 3 is 0.987 bits per heavy atom. The summed E-state index contributed by atoms with van der Waals surface area (Å²) >= 11 is 0. The SMILES string of the molecule is CCCCCCCCC/C=C\CCCCCCCC(=O)OCCCCCCCCCCC/C=C\C/C=C\CCCCCCCCCCCC(=O)NC(CO)C(O)/C=C/CCCCCCCCCCCCCCCCCCCC. The van der Waals surface area contributed by atoms with Crippen molar-refractivity contribution in [2.75, 3.05) is 13.2 Å². The van der Waals surface area contributed by atoms with Crippen molar-refractivity contribution in [3.8, 4) is 0 Å². The average Bonchev–Trinajstić information content (AvgIpc) is 3.44. The molecule has 0 aliphatic rings. The van der Waals surface area contributed by atoms with E-state index in [9.17, 15) is 19.8 Å². The van der Waals surface area contributed by atoms with Crippen molar-refractivity contribution >= 4 is 11.9 Å². The molecule has 0 aliphatic heterocycles. The van der Waals surface area contributed by atoms with Crippen LogP contribution >= 0.6 is 0 Å². The van der Waals surface area contributed by atoms with Gasteiger partial charge in [-0.1, -0.05) is 319 Å². The van der Waals surface area contributed by atoms with E-state index in [1.807, 2.05) is 6.08 Å². The molecule has 0 saturated heterocycles. The summed E-state index contributed by atoms with van der Waals surface area (Å²) in [5.74, 6) is -0.0702. The maximum absolute atomic E-state index is 12.5. The maximum Gasteiger partial charge on any atom is 0.305 e. The first-order chi connectivity index (χ1) is 38.5.